The van der Waals surface area contributed by atoms with Gasteiger partial charge < -0.3 is 10.1 Å². The summed E-state index contributed by atoms with van der Waals surface area (Å²) < 4.78 is 32.6. The number of aromatic nitrogens is 1. The third-order valence-corrected chi connectivity index (χ3v) is 6.15. The number of fused-ring (bicyclic) bond motifs is 1. The van der Waals surface area contributed by atoms with Crippen LogP contribution < -0.4 is 15.4 Å². The molecule has 9 heteroatoms. The number of anilines is 1. The van der Waals surface area contributed by atoms with Crippen LogP contribution in [0.3, 0.4) is 0 Å². The number of methoxy groups -OCH3 is 1. The minimum absolute atomic E-state index is 0.181. The number of nitrogens with zero attached hydrogens (tertiary/aromatic N) is 1. The number of aryl methyl sites for hydroxylation is 1. The van der Waals surface area contributed by atoms with Gasteiger partial charge in [-0.05, 0) is 49.2 Å². The Labute approximate surface area is 181 Å². The highest BCUT2D eigenvalue weighted by molar-refractivity contribution is 7.16. The fourth-order valence-electron chi connectivity index (χ4n) is 3.45. The number of halogens is 2. The summed E-state index contributed by atoms with van der Waals surface area (Å²) in [6, 6.07) is 10.2. The number of ether oxygens (including phenoxy) is 1. The summed E-state index contributed by atoms with van der Waals surface area (Å²) >= 11 is 1.33. The Bertz CT molecular complexity index is 1110. The fourth-order valence-corrected chi connectivity index (χ4v) is 4.48. The summed E-state index contributed by atoms with van der Waals surface area (Å²) in [5.74, 6) is -1.94. The van der Waals surface area contributed by atoms with Crippen molar-refractivity contribution >= 4 is 28.3 Å². The molecule has 2 N–H and O–H groups in total. The topological polar surface area (TPSA) is 80.3 Å². The highest BCUT2D eigenvalue weighted by Crippen LogP contribution is 2.38. The molecule has 31 heavy (non-hydrogen) atoms. The van der Waals surface area contributed by atoms with E-state index in [0.717, 1.165) is 17.0 Å². The van der Waals surface area contributed by atoms with Crippen molar-refractivity contribution in [3.05, 3.63) is 75.8 Å². The largest absolute Gasteiger partial charge is 0.497 e. The SMILES string of the molecule is COc1ccc(C(=O)Nc2nc3c(s2)CCC3C(=O)NCc2c(F)cccc2F)cc1. The second-order valence-electron chi connectivity index (χ2n) is 7.02. The molecule has 0 saturated carbocycles. The van der Waals surface area contributed by atoms with Crippen molar-refractivity contribution in [3.8, 4) is 5.75 Å². The lowest BCUT2D eigenvalue weighted by Gasteiger charge is -2.12. The number of carbonyl (C=O) groups excluding carboxylic acids is 2. The van der Waals surface area contributed by atoms with Crippen LogP contribution in [-0.4, -0.2) is 23.9 Å². The Balaban J connectivity index is 1.42. The Kier molecular flexibility index (Phi) is 5.94. The maximum absolute atomic E-state index is 13.8. The number of benzene rings is 2. The van der Waals surface area contributed by atoms with Crippen LogP contribution in [0.15, 0.2) is 42.5 Å². The number of hydrogen-bond acceptors (Lipinski definition) is 5. The molecule has 2 amide bonds. The number of hydrogen-bond donors (Lipinski definition) is 2. The summed E-state index contributed by atoms with van der Waals surface area (Å²) in [6.07, 6.45) is 1.21. The first-order chi connectivity index (χ1) is 15.0. The zero-order valence-corrected chi connectivity index (χ0v) is 17.4. The zero-order valence-electron chi connectivity index (χ0n) is 16.6. The van der Waals surface area contributed by atoms with E-state index in [1.165, 1.54) is 17.4 Å². The van der Waals surface area contributed by atoms with Crippen LogP contribution >= 0.6 is 11.3 Å². The highest BCUT2D eigenvalue weighted by atomic mass is 32.1. The molecule has 1 unspecified atom stereocenters. The van der Waals surface area contributed by atoms with E-state index in [-0.39, 0.29) is 23.9 Å². The molecule has 6 nitrogen and oxygen atoms in total. The Hall–Kier alpha value is -3.33. The third-order valence-electron chi connectivity index (χ3n) is 5.11. The normalized spacial score (nSPS) is 14.7. The second kappa shape index (κ2) is 8.81. The van der Waals surface area contributed by atoms with Gasteiger partial charge >= 0.3 is 0 Å². The van der Waals surface area contributed by atoms with Gasteiger partial charge in [0.05, 0.1) is 18.7 Å². The van der Waals surface area contributed by atoms with Gasteiger partial charge in [-0.3, -0.25) is 14.9 Å². The molecule has 1 aromatic heterocycles. The lowest BCUT2D eigenvalue weighted by atomic mass is 10.1. The van der Waals surface area contributed by atoms with Crippen LogP contribution in [0.4, 0.5) is 13.9 Å². The van der Waals surface area contributed by atoms with E-state index in [2.05, 4.69) is 15.6 Å². The highest BCUT2D eigenvalue weighted by Gasteiger charge is 2.33. The van der Waals surface area contributed by atoms with E-state index in [1.54, 1.807) is 31.4 Å². The van der Waals surface area contributed by atoms with Gasteiger partial charge in [-0.2, -0.15) is 0 Å². The quantitative estimate of drug-likeness (QED) is 0.603. The van der Waals surface area contributed by atoms with Gasteiger partial charge in [0.2, 0.25) is 5.91 Å². The summed E-state index contributed by atoms with van der Waals surface area (Å²) in [5, 5.41) is 5.76. The maximum Gasteiger partial charge on any atom is 0.257 e. The van der Waals surface area contributed by atoms with Gasteiger partial charge in [0.15, 0.2) is 5.13 Å². The minimum atomic E-state index is -0.704. The Morgan fingerprint density at radius 2 is 1.87 bits per heavy atom. The molecule has 0 spiro atoms. The average molecular weight is 443 g/mol. The molecule has 0 saturated heterocycles. The van der Waals surface area contributed by atoms with E-state index in [4.69, 9.17) is 4.74 Å². The maximum atomic E-state index is 13.8. The Morgan fingerprint density at radius 3 is 2.55 bits per heavy atom. The summed E-state index contributed by atoms with van der Waals surface area (Å²) in [6.45, 7) is -0.242. The molecule has 1 atom stereocenters. The van der Waals surface area contributed by atoms with Crippen molar-refractivity contribution in [2.24, 2.45) is 0 Å². The molecular weight excluding hydrogens is 424 g/mol. The third kappa shape index (κ3) is 4.41. The molecule has 1 aliphatic carbocycles. The predicted octanol–water partition coefficient (Wildman–Crippen LogP) is 4.03. The summed E-state index contributed by atoms with van der Waals surface area (Å²) in [5.41, 5.74) is 0.874. The second-order valence-corrected chi connectivity index (χ2v) is 8.10. The molecular formula is C22H19F2N3O3S. The molecule has 4 rings (SSSR count). The number of rotatable bonds is 6. The Morgan fingerprint density at radius 1 is 1.16 bits per heavy atom. The van der Waals surface area contributed by atoms with Crippen molar-refractivity contribution < 1.29 is 23.1 Å². The monoisotopic (exact) mass is 443 g/mol. The number of thiazole rings is 1. The van der Waals surface area contributed by atoms with E-state index >= 15 is 0 Å². The van der Waals surface area contributed by atoms with E-state index in [0.29, 0.717) is 35.0 Å². The first kappa shape index (κ1) is 20.9. The van der Waals surface area contributed by atoms with E-state index in [1.807, 2.05) is 0 Å². The number of carbonyl (C=O) groups is 2. The van der Waals surface area contributed by atoms with Crippen molar-refractivity contribution in [2.75, 3.05) is 12.4 Å². The number of amides is 2. The van der Waals surface area contributed by atoms with Gasteiger partial charge in [-0.15, -0.1) is 11.3 Å². The van der Waals surface area contributed by atoms with E-state index in [9.17, 15) is 18.4 Å². The number of nitrogens with one attached hydrogen (secondary N) is 2. The first-order valence-corrected chi connectivity index (χ1v) is 10.4. The molecule has 0 bridgehead atoms. The van der Waals surface area contributed by atoms with Crippen LogP contribution in [0.5, 0.6) is 5.75 Å². The molecule has 3 aromatic rings. The van der Waals surface area contributed by atoms with Crippen LogP contribution in [0, 0.1) is 11.6 Å². The standard InChI is InChI=1S/C22H19F2N3O3S/c1-30-13-7-5-12(6-8-13)20(28)27-22-26-19-14(9-10-18(19)31-22)21(29)25-11-15-16(23)3-2-4-17(15)24/h2-8,14H,9-11H2,1H3,(H,25,29)(H,26,27,28). The molecule has 0 fully saturated rings. The van der Waals surface area contributed by atoms with Crippen LogP contribution in [0.1, 0.15) is 38.8 Å². The fraction of sp³-hybridized carbons (Fsp3) is 0.227. The smallest absolute Gasteiger partial charge is 0.257 e. The van der Waals surface area contributed by atoms with Crippen LogP contribution in [0.2, 0.25) is 0 Å². The van der Waals surface area contributed by atoms with Crippen LogP contribution in [-0.2, 0) is 17.8 Å². The van der Waals surface area contributed by atoms with Gasteiger partial charge in [-0.1, -0.05) is 6.07 Å². The molecule has 1 aliphatic rings. The molecule has 0 aliphatic heterocycles. The molecule has 1 heterocycles. The lowest BCUT2D eigenvalue weighted by Crippen LogP contribution is -2.29. The summed E-state index contributed by atoms with van der Waals surface area (Å²) in [4.78, 5) is 30.4. The van der Waals surface area contributed by atoms with Gasteiger partial charge in [0, 0.05) is 22.5 Å². The lowest BCUT2D eigenvalue weighted by molar-refractivity contribution is -0.122. The van der Waals surface area contributed by atoms with Gasteiger partial charge in [-0.25, -0.2) is 13.8 Å². The first-order valence-electron chi connectivity index (χ1n) is 9.62. The molecule has 0 radical (unpaired) electrons. The zero-order chi connectivity index (χ0) is 22.0. The predicted molar refractivity (Wildman–Crippen MR) is 112 cm³/mol. The molecule has 160 valence electrons. The van der Waals surface area contributed by atoms with Gasteiger partial charge in [0.1, 0.15) is 17.4 Å². The van der Waals surface area contributed by atoms with Crippen LogP contribution in [0.25, 0.3) is 0 Å². The summed E-state index contributed by atoms with van der Waals surface area (Å²) in [7, 11) is 1.55. The van der Waals surface area contributed by atoms with Crippen molar-refractivity contribution in [1.82, 2.24) is 10.3 Å². The molecule has 2 aromatic carbocycles. The minimum Gasteiger partial charge on any atom is -0.497 e. The van der Waals surface area contributed by atoms with Gasteiger partial charge in [0.25, 0.3) is 5.91 Å². The average Bonchev–Trinajstić information content (AvgIpc) is 3.33. The van der Waals surface area contributed by atoms with E-state index < -0.39 is 17.6 Å². The van der Waals surface area contributed by atoms with Crippen molar-refractivity contribution in [2.45, 2.75) is 25.3 Å². The van der Waals surface area contributed by atoms with Crippen molar-refractivity contribution in [1.29, 1.82) is 0 Å². The van der Waals surface area contributed by atoms with Crippen molar-refractivity contribution in [3.63, 3.8) is 0 Å².